The predicted octanol–water partition coefficient (Wildman–Crippen LogP) is 1.31. The van der Waals surface area contributed by atoms with Crippen LogP contribution in [0.25, 0.3) is 0 Å². The van der Waals surface area contributed by atoms with E-state index in [9.17, 15) is 4.79 Å². The summed E-state index contributed by atoms with van der Waals surface area (Å²) in [6.45, 7) is 1.47. The summed E-state index contributed by atoms with van der Waals surface area (Å²) >= 11 is 2.27. The summed E-state index contributed by atoms with van der Waals surface area (Å²) in [6, 6.07) is 3.69. The second kappa shape index (κ2) is 6.80. The molecule has 0 saturated heterocycles. The summed E-state index contributed by atoms with van der Waals surface area (Å²) in [7, 11) is 3.94. The van der Waals surface area contributed by atoms with Crippen LogP contribution in [-0.2, 0) is 4.43 Å². The second-order valence-corrected chi connectivity index (χ2v) is 4.51. The predicted molar refractivity (Wildman–Crippen MR) is 72.8 cm³/mol. The third-order valence-electron chi connectivity index (χ3n) is 2.06. The Morgan fingerprint density at radius 2 is 2.25 bits per heavy atom. The van der Waals surface area contributed by atoms with Gasteiger partial charge in [0.25, 0.3) is 5.91 Å². The van der Waals surface area contributed by atoms with E-state index in [1.807, 2.05) is 25.1 Å². The van der Waals surface area contributed by atoms with Gasteiger partial charge in [-0.1, -0.05) is 28.7 Å². The highest BCUT2D eigenvalue weighted by Gasteiger charge is 2.05. The van der Waals surface area contributed by atoms with Crippen molar-refractivity contribution in [2.24, 2.45) is 0 Å². The van der Waals surface area contributed by atoms with Crippen LogP contribution in [-0.4, -0.2) is 43.0 Å². The van der Waals surface area contributed by atoms with Gasteiger partial charge in [-0.3, -0.25) is 9.78 Å². The van der Waals surface area contributed by atoms with E-state index in [2.05, 4.69) is 32.9 Å². The van der Waals surface area contributed by atoms with Crippen molar-refractivity contribution in [3.63, 3.8) is 0 Å². The van der Waals surface area contributed by atoms with E-state index in [-0.39, 0.29) is 5.91 Å². The normalized spacial score (nSPS) is 10.5. The Morgan fingerprint density at radius 1 is 1.50 bits per heavy atom. The third kappa shape index (κ3) is 4.44. The molecular weight excluding hydrogens is 317 g/mol. The Labute approximate surface area is 110 Å². The zero-order valence-electron chi connectivity index (χ0n) is 9.53. The van der Waals surface area contributed by atoms with Crippen molar-refractivity contribution in [3.05, 3.63) is 29.6 Å². The number of nitrogens with zero attached hydrogens (tertiary/aromatic N) is 2. The number of hydrogen-bond acceptors (Lipinski definition) is 3. The number of likely N-dealkylation sites (N-methyl/N-ethyl adjacent to an activating group) is 1. The Kier molecular flexibility index (Phi) is 5.68. The van der Waals surface area contributed by atoms with E-state index in [0.717, 1.165) is 16.5 Å². The number of aromatic nitrogens is 1. The molecule has 1 aromatic heterocycles. The summed E-state index contributed by atoms with van der Waals surface area (Å²) in [5.74, 6) is -0.109. The van der Waals surface area contributed by atoms with E-state index in [1.54, 1.807) is 12.3 Å². The van der Waals surface area contributed by atoms with Crippen LogP contribution in [0.4, 0.5) is 0 Å². The lowest BCUT2D eigenvalue weighted by atomic mass is 10.2. The van der Waals surface area contributed by atoms with Gasteiger partial charge < -0.3 is 10.2 Å². The number of hydrogen-bond donors (Lipinski definition) is 1. The van der Waals surface area contributed by atoms with Gasteiger partial charge in [0, 0.05) is 23.7 Å². The van der Waals surface area contributed by atoms with Crippen LogP contribution >= 0.6 is 22.6 Å². The van der Waals surface area contributed by atoms with E-state index in [0.29, 0.717) is 12.2 Å². The molecule has 0 fully saturated rings. The fourth-order valence-corrected chi connectivity index (χ4v) is 1.57. The molecule has 1 N–H and O–H groups in total. The highest BCUT2D eigenvalue weighted by molar-refractivity contribution is 14.1. The number of rotatable bonds is 5. The first-order valence-electron chi connectivity index (χ1n) is 5.07. The Bertz CT molecular complexity index is 338. The molecular formula is C11H16IN3O. The third-order valence-corrected chi connectivity index (χ3v) is 2.94. The number of alkyl halides is 1. The molecule has 1 rings (SSSR count). The van der Waals surface area contributed by atoms with Crippen LogP contribution in [0.1, 0.15) is 16.1 Å². The van der Waals surface area contributed by atoms with Crippen molar-refractivity contribution in [2.45, 2.75) is 4.43 Å². The number of pyridine rings is 1. The van der Waals surface area contributed by atoms with Gasteiger partial charge in [0.15, 0.2) is 0 Å². The lowest BCUT2D eigenvalue weighted by Crippen LogP contribution is -2.31. The van der Waals surface area contributed by atoms with Gasteiger partial charge in [-0.05, 0) is 25.7 Å². The summed E-state index contributed by atoms with van der Waals surface area (Å²) in [4.78, 5) is 17.8. The molecule has 0 aliphatic heterocycles. The van der Waals surface area contributed by atoms with Crippen LogP contribution in [0.15, 0.2) is 18.3 Å². The number of carbonyl (C=O) groups excluding carboxylic acids is 1. The molecule has 0 saturated carbocycles. The summed E-state index contributed by atoms with van der Waals surface area (Å²) in [5, 5.41) is 2.82. The first kappa shape index (κ1) is 13.4. The van der Waals surface area contributed by atoms with Gasteiger partial charge in [0.05, 0.1) is 0 Å². The zero-order chi connectivity index (χ0) is 12.0. The molecule has 0 aromatic carbocycles. The number of carbonyl (C=O) groups is 1. The molecule has 0 unspecified atom stereocenters. The van der Waals surface area contributed by atoms with Crippen LogP contribution < -0.4 is 5.32 Å². The zero-order valence-corrected chi connectivity index (χ0v) is 11.7. The quantitative estimate of drug-likeness (QED) is 0.653. The molecule has 16 heavy (non-hydrogen) atoms. The molecule has 5 heteroatoms. The minimum atomic E-state index is -0.109. The molecule has 0 spiro atoms. The van der Waals surface area contributed by atoms with Gasteiger partial charge in [0.2, 0.25) is 0 Å². The van der Waals surface area contributed by atoms with E-state index in [4.69, 9.17) is 0 Å². The Hall–Kier alpha value is -0.690. The van der Waals surface area contributed by atoms with E-state index < -0.39 is 0 Å². The smallest absolute Gasteiger partial charge is 0.269 e. The topological polar surface area (TPSA) is 45.2 Å². The largest absolute Gasteiger partial charge is 0.349 e. The first-order chi connectivity index (χ1) is 7.63. The van der Waals surface area contributed by atoms with Crippen LogP contribution in [0.2, 0.25) is 0 Å². The lowest BCUT2D eigenvalue weighted by Gasteiger charge is -2.10. The summed E-state index contributed by atoms with van der Waals surface area (Å²) in [5.41, 5.74) is 1.61. The van der Waals surface area contributed by atoms with Crippen LogP contribution in [0.3, 0.4) is 0 Å². The number of nitrogens with one attached hydrogen (secondary N) is 1. The maximum atomic E-state index is 11.6. The fraction of sp³-hybridized carbons (Fsp3) is 0.455. The highest BCUT2D eigenvalue weighted by atomic mass is 127. The van der Waals surface area contributed by atoms with Crippen molar-refractivity contribution < 1.29 is 4.79 Å². The standard InChI is InChI=1S/C11H16IN3O/c1-15(2)6-5-13-11(16)10-4-3-9(7-12)8-14-10/h3-4,8H,5-7H2,1-2H3,(H,13,16). The molecule has 88 valence electrons. The van der Waals surface area contributed by atoms with Gasteiger partial charge in [-0.25, -0.2) is 0 Å². The number of amides is 1. The molecule has 1 heterocycles. The first-order valence-corrected chi connectivity index (χ1v) is 6.60. The van der Waals surface area contributed by atoms with Crippen molar-refractivity contribution in [2.75, 3.05) is 27.2 Å². The minimum absolute atomic E-state index is 0.109. The van der Waals surface area contributed by atoms with Gasteiger partial charge >= 0.3 is 0 Å². The van der Waals surface area contributed by atoms with Crippen molar-refractivity contribution in [1.82, 2.24) is 15.2 Å². The highest BCUT2D eigenvalue weighted by Crippen LogP contribution is 2.04. The fourth-order valence-electron chi connectivity index (χ4n) is 1.12. The molecule has 1 aromatic rings. The maximum Gasteiger partial charge on any atom is 0.269 e. The summed E-state index contributed by atoms with van der Waals surface area (Å²) in [6.07, 6.45) is 1.74. The van der Waals surface area contributed by atoms with Crippen LogP contribution in [0, 0.1) is 0 Å². The van der Waals surface area contributed by atoms with Gasteiger partial charge in [-0.15, -0.1) is 0 Å². The van der Waals surface area contributed by atoms with E-state index in [1.165, 1.54) is 0 Å². The molecule has 0 aliphatic carbocycles. The molecule has 0 atom stereocenters. The Balaban J connectivity index is 2.46. The molecule has 4 nitrogen and oxygen atoms in total. The van der Waals surface area contributed by atoms with Gasteiger partial charge in [-0.2, -0.15) is 0 Å². The molecule has 0 radical (unpaired) electrons. The second-order valence-electron chi connectivity index (χ2n) is 3.74. The molecule has 0 bridgehead atoms. The summed E-state index contributed by atoms with van der Waals surface area (Å²) < 4.78 is 0.910. The van der Waals surface area contributed by atoms with Crippen molar-refractivity contribution in [1.29, 1.82) is 0 Å². The average molecular weight is 333 g/mol. The van der Waals surface area contributed by atoms with E-state index >= 15 is 0 Å². The lowest BCUT2D eigenvalue weighted by molar-refractivity contribution is 0.0946. The minimum Gasteiger partial charge on any atom is -0.349 e. The SMILES string of the molecule is CN(C)CCNC(=O)c1ccc(CI)cn1. The van der Waals surface area contributed by atoms with Crippen molar-refractivity contribution in [3.8, 4) is 0 Å². The number of halogens is 1. The Morgan fingerprint density at radius 3 is 2.75 bits per heavy atom. The maximum absolute atomic E-state index is 11.6. The molecule has 0 aliphatic rings. The van der Waals surface area contributed by atoms with Gasteiger partial charge in [0.1, 0.15) is 5.69 Å². The molecule has 1 amide bonds. The monoisotopic (exact) mass is 333 g/mol. The van der Waals surface area contributed by atoms with Crippen LogP contribution in [0.5, 0.6) is 0 Å². The average Bonchev–Trinajstić information content (AvgIpc) is 2.28. The van der Waals surface area contributed by atoms with Crippen molar-refractivity contribution >= 4 is 28.5 Å².